The minimum atomic E-state index is -0.106. The topological polar surface area (TPSA) is 65.4 Å². The number of benzene rings is 2. The summed E-state index contributed by atoms with van der Waals surface area (Å²) in [7, 11) is 1.58. The molecule has 0 saturated carbocycles. The van der Waals surface area contributed by atoms with Crippen molar-refractivity contribution < 1.29 is 14.3 Å². The Balaban J connectivity index is 1.76. The third-order valence-electron chi connectivity index (χ3n) is 4.53. The van der Waals surface area contributed by atoms with E-state index >= 15 is 0 Å². The van der Waals surface area contributed by atoms with Gasteiger partial charge in [0.2, 0.25) is 5.91 Å². The van der Waals surface area contributed by atoms with Crippen LogP contribution in [0.15, 0.2) is 48.5 Å². The molecule has 0 spiro atoms. The zero-order chi connectivity index (χ0) is 20.1. The van der Waals surface area contributed by atoms with Gasteiger partial charge in [0.1, 0.15) is 0 Å². The van der Waals surface area contributed by atoms with E-state index in [2.05, 4.69) is 10.4 Å². The molecule has 0 atom stereocenters. The van der Waals surface area contributed by atoms with E-state index in [-0.39, 0.29) is 12.3 Å². The van der Waals surface area contributed by atoms with Crippen LogP contribution in [0.1, 0.15) is 23.9 Å². The van der Waals surface area contributed by atoms with E-state index < -0.39 is 0 Å². The predicted octanol–water partition coefficient (Wildman–Crippen LogP) is 4.08. The fourth-order valence-electron chi connectivity index (χ4n) is 3.14. The smallest absolute Gasteiger partial charge is 0.228 e. The zero-order valence-corrected chi connectivity index (χ0v) is 16.7. The molecule has 0 unspecified atom stereocenters. The van der Waals surface area contributed by atoms with Crippen LogP contribution in [0.5, 0.6) is 11.5 Å². The van der Waals surface area contributed by atoms with Crippen molar-refractivity contribution in [2.24, 2.45) is 0 Å². The normalized spacial score (nSPS) is 10.6. The van der Waals surface area contributed by atoms with Gasteiger partial charge in [0.05, 0.1) is 31.5 Å². The molecule has 0 aliphatic heterocycles. The molecule has 1 N–H and O–H groups in total. The van der Waals surface area contributed by atoms with Crippen LogP contribution in [0.4, 0.5) is 5.69 Å². The summed E-state index contributed by atoms with van der Waals surface area (Å²) in [5.74, 6) is 1.13. The van der Waals surface area contributed by atoms with Gasteiger partial charge in [-0.1, -0.05) is 18.2 Å². The number of hydrogen-bond donors (Lipinski definition) is 1. The number of amides is 1. The highest BCUT2D eigenvalue weighted by Gasteiger charge is 2.16. The van der Waals surface area contributed by atoms with Gasteiger partial charge in [0.25, 0.3) is 0 Å². The van der Waals surface area contributed by atoms with Gasteiger partial charge in [-0.3, -0.25) is 4.79 Å². The van der Waals surface area contributed by atoms with E-state index in [0.29, 0.717) is 23.8 Å². The van der Waals surface area contributed by atoms with Crippen LogP contribution in [0.25, 0.3) is 5.69 Å². The Morgan fingerprint density at radius 3 is 2.54 bits per heavy atom. The standard InChI is InChI=1S/C22H25N3O3/c1-5-28-20-12-11-17(13-21(20)27-4)23-22(26)14-19-15(2)24-25(16(19)3)18-9-7-6-8-10-18/h6-13H,5,14H2,1-4H3,(H,23,26). The molecule has 28 heavy (non-hydrogen) atoms. The molecule has 2 aromatic carbocycles. The molecule has 3 aromatic rings. The lowest BCUT2D eigenvalue weighted by Gasteiger charge is -2.12. The summed E-state index contributed by atoms with van der Waals surface area (Å²) < 4.78 is 12.7. The SMILES string of the molecule is CCOc1ccc(NC(=O)Cc2c(C)nn(-c3ccccc3)c2C)cc1OC. The average Bonchev–Trinajstić information content (AvgIpc) is 2.98. The van der Waals surface area contributed by atoms with E-state index in [1.165, 1.54) is 0 Å². The van der Waals surface area contributed by atoms with Crippen LogP contribution < -0.4 is 14.8 Å². The molecule has 0 saturated heterocycles. The quantitative estimate of drug-likeness (QED) is 0.672. The third kappa shape index (κ3) is 4.17. The van der Waals surface area contributed by atoms with E-state index in [0.717, 1.165) is 22.6 Å². The van der Waals surface area contributed by atoms with Gasteiger partial charge >= 0.3 is 0 Å². The minimum absolute atomic E-state index is 0.106. The summed E-state index contributed by atoms with van der Waals surface area (Å²) in [6, 6.07) is 15.3. The fraction of sp³-hybridized carbons (Fsp3) is 0.273. The van der Waals surface area contributed by atoms with Crippen LogP contribution in [0.2, 0.25) is 0 Å². The zero-order valence-electron chi connectivity index (χ0n) is 16.7. The number of nitrogens with zero attached hydrogens (tertiary/aromatic N) is 2. The first-order valence-corrected chi connectivity index (χ1v) is 9.24. The largest absolute Gasteiger partial charge is 0.493 e. The number of para-hydroxylation sites is 1. The molecule has 6 heteroatoms. The van der Waals surface area contributed by atoms with Crippen molar-refractivity contribution in [3.63, 3.8) is 0 Å². The Bertz CT molecular complexity index is 965. The van der Waals surface area contributed by atoms with Crippen molar-refractivity contribution in [2.45, 2.75) is 27.2 Å². The second-order valence-electron chi connectivity index (χ2n) is 6.42. The summed E-state index contributed by atoms with van der Waals surface area (Å²) >= 11 is 0. The fourth-order valence-corrected chi connectivity index (χ4v) is 3.14. The van der Waals surface area contributed by atoms with Gasteiger partial charge < -0.3 is 14.8 Å². The number of hydrogen-bond acceptors (Lipinski definition) is 4. The van der Waals surface area contributed by atoms with E-state index in [9.17, 15) is 4.79 Å². The molecule has 0 fully saturated rings. The number of methoxy groups -OCH3 is 1. The maximum Gasteiger partial charge on any atom is 0.228 e. The molecule has 0 aliphatic carbocycles. The second kappa shape index (κ2) is 8.61. The number of ether oxygens (including phenoxy) is 2. The van der Waals surface area contributed by atoms with Gasteiger partial charge in [0.15, 0.2) is 11.5 Å². The van der Waals surface area contributed by atoms with E-state index in [1.54, 1.807) is 25.3 Å². The van der Waals surface area contributed by atoms with Crippen molar-refractivity contribution in [1.82, 2.24) is 9.78 Å². The minimum Gasteiger partial charge on any atom is -0.493 e. The molecule has 1 aromatic heterocycles. The van der Waals surface area contributed by atoms with Gasteiger partial charge in [-0.15, -0.1) is 0 Å². The summed E-state index contributed by atoms with van der Waals surface area (Å²) in [4.78, 5) is 12.6. The van der Waals surface area contributed by atoms with Crippen LogP contribution in [-0.2, 0) is 11.2 Å². The van der Waals surface area contributed by atoms with Gasteiger partial charge in [-0.25, -0.2) is 4.68 Å². The second-order valence-corrected chi connectivity index (χ2v) is 6.42. The van der Waals surface area contributed by atoms with Crippen LogP contribution in [-0.4, -0.2) is 29.4 Å². The van der Waals surface area contributed by atoms with Crippen molar-refractivity contribution >= 4 is 11.6 Å². The highest BCUT2D eigenvalue weighted by atomic mass is 16.5. The maximum absolute atomic E-state index is 12.6. The average molecular weight is 379 g/mol. The molecule has 3 rings (SSSR count). The predicted molar refractivity (Wildman–Crippen MR) is 110 cm³/mol. The number of aromatic nitrogens is 2. The van der Waals surface area contributed by atoms with Crippen LogP contribution >= 0.6 is 0 Å². The summed E-state index contributed by atoms with van der Waals surface area (Å²) in [5.41, 5.74) is 4.38. The lowest BCUT2D eigenvalue weighted by Crippen LogP contribution is -2.15. The third-order valence-corrected chi connectivity index (χ3v) is 4.53. The maximum atomic E-state index is 12.6. The van der Waals surface area contributed by atoms with Crippen molar-refractivity contribution in [3.05, 3.63) is 65.5 Å². The summed E-state index contributed by atoms with van der Waals surface area (Å²) in [5, 5.41) is 7.53. The number of carbonyl (C=O) groups is 1. The Morgan fingerprint density at radius 2 is 1.86 bits per heavy atom. The first-order chi connectivity index (χ1) is 13.5. The summed E-state index contributed by atoms with van der Waals surface area (Å²) in [6.45, 7) is 6.37. The van der Waals surface area contributed by atoms with Crippen molar-refractivity contribution in [1.29, 1.82) is 0 Å². The number of anilines is 1. The Morgan fingerprint density at radius 1 is 1.11 bits per heavy atom. The molecule has 0 aliphatic rings. The number of aryl methyl sites for hydroxylation is 1. The van der Waals surface area contributed by atoms with Crippen LogP contribution in [0.3, 0.4) is 0 Å². The lowest BCUT2D eigenvalue weighted by molar-refractivity contribution is -0.115. The summed E-state index contributed by atoms with van der Waals surface area (Å²) in [6.07, 6.45) is 0.250. The highest BCUT2D eigenvalue weighted by molar-refractivity contribution is 5.92. The Labute approximate surface area is 165 Å². The number of rotatable bonds is 7. The van der Waals surface area contributed by atoms with Crippen molar-refractivity contribution in [3.8, 4) is 17.2 Å². The number of carbonyl (C=O) groups excluding carboxylic acids is 1. The monoisotopic (exact) mass is 379 g/mol. The first kappa shape index (κ1) is 19.5. The molecule has 146 valence electrons. The Kier molecular flexibility index (Phi) is 5.99. The molecule has 1 amide bonds. The highest BCUT2D eigenvalue weighted by Crippen LogP contribution is 2.30. The number of nitrogens with one attached hydrogen (secondary N) is 1. The molecule has 0 radical (unpaired) electrons. The molecular weight excluding hydrogens is 354 g/mol. The lowest BCUT2D eigenvalue weighted by atomic mass is 10.1. The molecule has 6 nitrogen and oxygen atoms in total. The van der Waals surface area contributed by atoms with Crippen molar-refractivity contribution in [2.75, 3.05) is 19.0 Å². The van der Waals surface area contributed by atoms with E-state index in [1.807, 2.05) is 55.8 Å². The molecule has 0 bridgehead atoms. The van der Waals surface area contributed by atoms with Crippen LogP contribution in [0, 0.1) is 13.8 Å². The molecular formula is C22H25N3O3. The molecule has 1 heterocycles. The van der Waals surface area contributed by atoms with Gasteiger partial charge in [0, 0.05) is 23.0 Å². The van der Waals surface area contributed by atoms with Gasteiger partial charge in [-0.05, 0) is 45.0 Å². The Hall–Kier alpha value is -3.28. The van der Waals surface area contributed by atoms with E-state index in [4.69, 9.17) is 9.47 Å². The van der Waals surface area contributed by atoms with Gasteiger partial charge in [-0.2, -0.15) is 5.10 Å². The first-order valence-electron chi connectivity index (χ1n) is 9.24.